The van der Waals surface area contributed by atoms with E-state index in [1.165, 1.54) is 11.1 Å². The van der Waals surface area contributed by atoms with Crippen LogP contribution in [0.5, 0.6) is 5.75 Å². The lowest BCUT2D eigenvalue weighted by atomic mass is 10.1. The third-order valence-corrected chi connectivity index (χ3v) is 3.61. The first-order valence-corrected chi connectivity index (χ1v) is 7.44. The van der Waals surface area contributed by atoms with Crippen LogP contribution in [0.25, 0.3) is 0 Å². The number of aliphatic hydroxyl groups excluding tert-OH is 1. The van der Waals surface area contributed by atoms with Gasteiger partial charge in [0.05, 0.1) is 6.61 Å². The van der Waals surface area contributed by atoms with Crippen LogP contribution in [0, 0.1) is 6.92 Å². The fraction of sp³-hybridized carbons (Fsp3) is 0.222. The molecule has 0 spiro atoms. The summed E-state index contributed by atoms with van der Waals surface area (Å²) in [5, 5.41) is 13.3. The van der Waals surface area contributed by atoms with E-state index in [9.17, 15) is 5.11 Å². The van der Waals surface area contributed by atoms with Crippen molar-refractivity contribution in [1.29, 1.82) is 0 Å². The van der Waals surface area contributed by atoms with Gasteiger partial charge in [-0.25, -0.2) is 0 Å². The number of rotatable bonds is 6. The zero-order valence-electron chi connectivity index (χ0n) is 12.9. The second-order valence-corrected chi connectivity index (χ2v) is 5.26. The molecule has 118 valence electrons. The lowest BCUT2D eigenvalue weighted by Crippen LogP contribution is -1.99. The van der Waals surface area contributed by atoms with Crippen molar-refractivity contribution in [1.82, 2.24) is 10.1 Å². The van der Waals surface area contributed by atoms with Gasteiger partial charge in [0, 0.05) is 12.0 Å². The lowest BCUT2D eigenvalue weighted by molar-refractivity contribution is 0.229. The van der Waals surface area contributed by atoms with Crippen molar-refractivity contribution in [3.63, 3.8) is 0 Å². The summed E-state index contributed by atoms with van der Waals surface area (Å²) < 4.78 is 10.9. The van der Waals surface area contributed by atoms with Gasteiger partial charge in [-0.3, -0.25) is 0 Å². The Kier molecular flexibility index (Phi) is 4.68. The Morgan fingerprint density at radius 1 is 1.04 bits per heavy atom. The Labute approximate surface area is 134 Å². The van der Waals surface area contributed by atoms with Gasteiger partial charge >= 0.3 is 0 Å². The molecule has 1 N–H and O–H groups in total. The maximum absolute atomic E-state index is 9.28. The zero-order valence-corrected chi connectivity index (χ0v) is 12.9. The predicted octanol–water partition coefficient (Wildman–Crippen LogP) is 3.04. The molecule has 0 amide bonds. The molecule has 3 aromatic rings. The number of benzene rings is 2. The van der Waals surface area contributed by atoms with Crippen molar-refractivity contribution in [3.05, 3.63) is 76.9 Å². The van der Waals surface area contributed by atoms with E-state index >= 15 is 0 Å². The van der Waals surface area contributed by atoms with Crippen molar-refractivity contribution in [2.24, 2.45) is 0 Å². The third-order valence-electron chi connectivity index (χ3n) is 3.61. The Bertz CT molecular complexity index is 783. The summed E-state index contributed by atoms with van der Waals surface area (Å²) >= 11 is 0. The number of hydrogen-bond donors (Lipinski definition) is 1. The van der Waals surface area contributed by atoms with Crippen molar-refractivity contribution in [2.75, 3.05) is 0 Å². The first kappa shape index (κ1) is 15.2. The topological polar surface area (TPSA) is 68.4 Å². The molecule has 0 aliphatic heterocycles. The van der Waals surface area contributed by atoms with Crippen LogP contribution >= 0.6 is 0 Å². The number of aliphatic hydroxyl groups is 1. The molecule has 0 bridgehead atoms. The van der Waals surface area contributed by atoms with E-state index in [2.05, 4.69) is 29.2 Å². The first-order chi connectivity index (χ1) is 11.3. The molecule has 0 saturated heterocycles. The average Bonchev–Trinajstić information content (AvgIpc) is 3.03. The van der Waals surface area contributed by atoms with Crippen LogP contribution in [0.1, 0.15) is 28.4 Å². The Morgan fingerprint density at radius 3 is 2.57 bits per heavy atom. The highest BCUT2D eigenvalue weighted by Gasteiger charge is 2.10. The minimum absolute atomic E-state index is 0.0709. The van der Waals surface area contributed by atoms with Crippen LogP contribution in [0.3, 0.4) is 0 Å². The standard InChI is InChI=1S/C18H18N2O3/c1-13-6-2-3-7-14(13)10-17-19-18(23-20-17)12-22-16-9-5-4-8-15(16)11-21/h2-9,21H,10-12H2,1H3. The quantitative estimate of drug-likeness (QED) is 0.758. The molecule has 5 nitrogen and oxygen atoms in total. The monoisotopic (exact) mass is 310 g/mol. The van der Waals surface area contributed by atoms with E-state index in [1.807, 2.05) is 30.3 Å². The normalized spacial score (nSPS) is 10.7. The molecule has 0 fully saturated rings. The highest BCUT2D eigenvalue weighted by Crippen LogP contribution is 2.19. The van der Waals surface area contributed by atoms with E-state index in [0.717, 1.165) is 5.56 Å². The minimum atomic E-state index is -0.0709. The first-order valence-electron chi connectivity index (χ1n) is 7.44. The van der Waals surface area contributed by atoms with E-state index in [1.54, 1.807) is 6.07 Å². The average molecular weight is 310 g/mol. The molecule has 0 radical (unpaired) electrons. The number of para-hydroxylation sites is 1. The van der Waals surface area contributed by atoms with Gasteiger partial charge in [0.2, 0.25) is 0 Å². The summed E-state index contributed by atoms with van der Waals surface area (Å²) in [5.41, 5.74) is 3.10. The Morgan fingerprint density at radius 2 is 1.78 bits per heavy atom. The summed E-state index contributed by atoms with van der Waals surface area (Å²) in [6, 6.07) is 15.4. The van der Waals surface area contributed by atoms with Gasteiger partial charge in [-0.2, -0.15) is 4.98 Å². The molecular weight excluding hydrogens is 292 g/mol. The SMILES string of the molecule is Cc1ccccc1Cc1noc(COc2ccccc2CO)n1. The smallest absolute Gasteiger partial charge is 0.264 e. The van der Waals surface area contributed by atoms with Crippen molar-refractivity contribution in [2.45, 2.75) is 26.6 Å². The number of nitrogens with zero attached hydrogens (tertiary/aromatic N) is 2. The van der Waals surface area contributed by atoms with Gasteiger partial charge in [-0.1, -0.05) is 47.6 Å². The van der Waals surface area contributed by atoms with E-state index < -0.39 is 0 Å². The number of aryl methyl sites for hydroxylation is 1. The molecule has 5 heteroatoms. The molecule has 1 heterocycles. The summed E-state index contributed by atoms with van der Waals surface area (Å²) in [7, 11) is 0. The Balaban J connectivity index is 1.65. The van der Waals surface area contributed by atoms with Gasteiger partial charge < -0.3 is 14.4 Å². The number of ether oxygens (including phenoxy) is 1. The summed E-state index contributed by atoms with van der Waals surface area (Å²) in [5.74, 6) is 1.67. The van der Waals surface area contributed by atoms with Crippen molar-refractivity contribution >= 4 is 0 Å². The molecule has 3 rings (SSSR count). The highest BCUT2D eigenvalue weighted by molar-refractivity contribution is 5.32. The van der Waals surface area contributed by atoms with Crippen LogP contribution in [0.2, 0.25) is 0 Å². The van der Waals surface area contributed by atoms with E-state index in [-0.39, 0.29) is 13.2 Å². The minimum Gasteiger partial charge on any atom is -0.483 e. The maximum atomic E-state index is 9.28. The second-order valence-electron chi connectivity index (χ2n) is 5.26. The molecule has 0 aliphatic rings. The number of aromatic nitrogens is 2. The summed E-state index contributed by atoms with van der Waals surface area (Å²) in [4.78, 5) is 4.35. The van der Waals surface area contributed by atoms with Crippen LogP contribution in [-0.4, -0.2) is 15.2 Å². The van der Waals surface area contributed by atoms with Crippen LogP contribution < -0.4 is 4.74 Å². The lowest BCUT2D eigenvalue weighted by Gasteiger charge is -2.07. The van der Waals surface area contributed by atoms with Crippen molar-refractivity contribution < 1.29 is 14.4 Å². The van der Waals surface area contributed by atoms with Gasteiger partial charge in [0.25, 0.3) is 5.89 Å². The molecule has 0 aliphatic carbocycles. The molecule has 0 atom stereocenters. The number of hydrogen-bond acceptors (Lipinski definition) is 5. The molecule has 1 aromatic heterocycles. The molecular formula is C18H18N2O3. The maximum Gasteiger partial charge on any atom is 0.264 e. The largest absolute Gasteiger partial charge is 0.483 e. The summed E-state index contributed by atoms with van der Waals surface area (Å²) in [6.45, 7) is 2.17. The molecule has 0 unspecified atom stereocenters. The van der Waals surface area contributed by atoms with Crippen molar-refractivity contribution in [3.8, 4) is 5.75 Å². The van der Waals surface area contributed by atoms with Gasteiger partial charge in [-0.15, -0.1) is 0 Å². The molecule has 0 saturated carbocycles. The highest BCUT2D eigenvalue weighted by atomic mass is 16.5. The predicted molar refractivity (Wildman–Crippen MR) is 85.0 cm³/mol. The van der Waals surface area contributed by atoms with Gasteiger partial charge in [0.15, 0.2) is 12.4 Å². The van der Waals surface area contributed by atoms with Gasteiger partial charge in [0.1, 0.15) is 5.75 Å². The fourth-order valence-electron chi connectivity index (χ4n) is 2.31. The summed E-state index contributed by atoms with van der Waals surface area (Å²) in [6.07, 6.45) is 0.628. The van der Waals surface area contributed by atoms with Crippen LogP contribution in [0.15, 0.2) is 53.1 Å². The van der Waals surface area contributed by atoms with Gasteiger partial charge in [-0.05, 0) is 24.1 Å². The third kappa shape index (κ3) is 3.76. The zero-order chi connectivity index (χ0) is 16.1. The second kappa shape index (κ2) is 7.07. The molecule has 23 heavy (non-hydrogen) atoms. The molecule has 2 aromatic carbocycles. The fourth-order valence-corrected chi connectivity index (χ4v) is 2.31. The van der Waals surface area contributed by atoms with E-state index in [4.69, 9.17) is 9.26 Å². The van der Waals surface area contributed by atoms with Crippen LogP contribution in [-0.2, 0) is 19.6 Å². The van der Waals surface area contributed by atoms with Crippen LogP contribution in [0.4, 0.5) is 0 Å². The van der Waals surface area contributed by atoms with E-state index in [0.29, 0.717) is 23.9 Å². The Hall–Kier alpha value is -2.66.